The third kappa shape index (κ3) is 3.18. The molecule has 0 aliphatic rings. The second-order valence-corrected chi connectivity index (χ2v) is 2.85. The number of nitrogens with zero attached hydrogens (tertiary/aromatic N) is 1. The van der Waals surface area contributed by atoms with Crippen molar-refractivity contribution in [3.05, 3.63) is 0 Å². The largest absolute Gasteiger partial charge is 0.396 e. The van der Waals surface area contributed by atoms with Gasteiger partial charge in [-0.05, 0) is 19.3 Å². The summed E-state index contributed by atoms with van der Waals surface area (Å²) in [6.45, 7) is -0.363. The first-order valence-electron chi connectivity index (χ1n) is 3.98. The molecule has 12 heavy (non-hydrogen) atoms. The highest BCUT2D eigenvalue weighted by Gasteiger charge is 2.27. The van der Waals surface area contributed by atoms with Crippen LogP contribution in [0.5, 0.6) is 0 Å². The molecule has 0 aromatic carbocycles. The molecule has 0 spiro atoms. The molecule has 1 atom stereocenters. The average Bonchev–Trinajstić information content (AvgIpc) is 2.13. The molecule has 0 saturated heterocycles. The van der Waals surface area contributed by atoms with E-state index in [9.17, 15) is 0 Å². The summed E-state index contributed by atoms with van der Waals surface area (Å²) in [5, 5.41) is 34.8. The van der Waals surface area contributed by atoms with Crippen molar-refractivity contribution in [2.24, 2.45) is 5.41 Å². The minimum Gasteiger partial charge on any atom is -0.396 e. The molecule has 0 amide bonds. The number of aliphatic hydroxyl groups excluding tert-OH is 3. The zero-order valence-electron chi connectivity index (χ0n) is 7.03. The van der Waals surface area contributed by atoms with Crippen molar-refractivity contribution in [2.45, 2.75) is 19.3 Å². The predicted molar refractivity (Wildman–Crippen MR) is 43.2 cm³/mol. The average molecular weight is 173 g/mol. The van der Waals surface area contributed by atoms with Crippen LogP contribution < -0.4 is 0 Å². The summed E-state index contributed by atoms with van der Waals surface area (Å²) >= 11 is 0. The van der Waals surface area contributed by atoms with Gasteiger partial charge in [-0.2, -0.15) is 5.26 Å². The normalized spacial score (nSPS) is 15.2. The van der Waals surface area contributed by atoms with Crippen molar-refractivity contribution in [3.63, 3.8) is 0 Å². The van der Waals surface area contributed by atoms with Crippen molar-refractivity contribution in [1.29, 1.82) is 5.26 Å². The lowest BCUT2D eigenvalue weighted by Crippen LogP contribution is -2.25. The van der Waals surface area contributed by atoms with Gasteiger partial charge in [0.1, 0.15) is 0 Å². The minimum atomic E-state index is -0.864. The van der Waals surface area contributed by atoms with Crippen LogP contribution in [0.15, 0.2) is 0 Å². The molecule has 0 radical (unpaired) electrons. The van der Waals surface area contributed by atoms with Gasteiger partial charge in [0, 0.05) is 13.2 Å². The van der Waals surface area contributed by atoms with Crippen molar-refractivity contribution in [3.8, 4) is 6.07 Å². The van der Waals surface area contributed by atoms with Gasteiger partial charge < -0.3 is 15.3 Å². The lowest BCUT2D eigenvalue weighted by atomic mass is 9.83. The fraction of sp³-hybridized carbons (Fsp3) is 0.875. The van der Waals surface area contributed by atoms with E-state index in [1.807, 2.05) is 6.07 Å². The van der Waals surface area contributed by atoms with Crippen molar-refractivity contribution in [1.82, 2.24) is 0 Å². The van der Waals surface area contributed by atoms with Crippen LogP contribution in [0, 0.1) is 16.7 Å². The number of hydrogen-bond donors (Lipinski definition) is 3. The maximum absolute atomic E-state index is 8.92. The third-order valence-electron chi connectivity index (χ3n) is 1.94. The molecule has 0 aromatic heterocycles. The van der Waals surface area contributed by atoms with Gasteiger partial charge in [0.15, 0.2) is 0 Å². The Morgan fingerprint density at radius 2 is 1.75 bits per heavy atom. The van der Waals surface area contributed by atoms with Gasteiger partial charge in [-0.25, -0.2) is 0 Å². The monoisotopic (exact) mass is 173 g/mol. The van der Waals surface area contributed by atoms with Crippen LogP contribution >= 0.6 is 0 Å². The quantitative estimate of drug-likeness (QED) is 0.512. The first-order valence-corrected chi connectivity index (χ1v) is 3.98. The van der Waals surface area contributed by atoms with Gasteiger partial charge in [-0.3, -0.25) is 0 Å². The Bertz CT molecular complexity index is 155. The minimum absolute atomic E-state index is 0.00879. The Balaban J connectivity index is 4.07. The van der Waals surface area contributed by atoms with Crippen LogP contribution in [0.25, 0.3) is 0 Å². The van der Waals surface area contributed by atoms with E-state index in [-0.39, 0.29) is 26.2 Å². The molecular formula is C8H15NO3. The number of rotatable bonds is 6. The smallest absolute Gasteiger partial charge is 0.0826 e. The van der Waals surface area contributed by atoms with Gasteiger partial charge in [0.05, 0.1) is 18.1 Å². The second kappa shape index (κ2) is 5.95. The van der Waals surface area contributed by atoms with Crippen molar-refractivity contribution in [2.75, 3.05) is 19.8 Å². The molecule has 4 nitrogen and oxygen atoms in total. The summed E-state index contributed by atoms with van der Waals surface area (Å²) in [6, 6.07) is 1.98. The van der Waals surface area contributed by atoms with Crippen LogP contribution in [0.4, 0.5) is 0 Å². The molecule has 0 aliphatic carbocycles. The standard InChI is InChI=1S/C8H15NO3/c9-6-8(7-12,3-5-11)2-1-4-10/h10-12H,1-5,7H2. The molecule has 0 saturated carbocycles. The van der Waals surface area contributed by atoms with Crippen LogP contribution in [0.1, 0.15) is 19.3 Å². The highest BCUT2D eigenvalue weighted by atomic mass is 16.3. The first-order chi connectivity index (χ1) is 5.74. The summed E-state index contributed by atoms with van der Waals surface area (Å²) in [5.74, 6) is 0. The molecule has 0 aliphatic heterocycles. The van der Waals surface area contributed by atoms with E-state index in [0.29, 0.717) is 12.8 Å². The van der Waals surface area contributed by atoms with E-state index in [0.717, 1.165) is 0 Å². The molecule has 0 rings (SSSR count). The first kappa shape index (κ1) is 11.4. The maximum Gasteiger partial charge on any atom is 0.0826 e. The van der Waals surface area contributed by atoms with Gasteiger partial charge in [-0.15, -0.1) is 0 Å². The molecule has 0 fully saturated rings. The molecule has 4 heteroatoms. The van der Waals surface area contributed by atoms with Crippen molar-refractivity contribution < 1.29 is 15.3 Å². The zero-order valence-corrected chi connectivity index (χ0v) is 7.03. The summed E-state index contributed by atoms with van der Waals surface area (Å²) < 4.78 is 0. The van der Waals surface area contributed by atoms with Crippen molar-refractivity contribution >= 4 is 0 Å². The van der Waals surface area contributed by atoms with E-state index in [2.05, 4.69) is 0 Å². The Labute approximate surface area is 72.1 Å². The Morgan fingerprint density at radius 1 is 1.08 bits per heavy atom. The van der Waals surface area contributed by atoms with Gasteiger partial charge in [0.25, 0.3) is 0 Å². The van der Waals surface area contributed by atoms with Gasteiger partial charge in [-0.1, -0.05) is 0 Å². The zero-order chi connectivity index (χ0) is 9.45. The van der Waals surface area contributed by atoms with E-state index in [4.69, 9.17) is 20.6 Å². The number of aliphatic hydroxyl groups is 3. The van der Waals surface area contributed by atoms with Crippen LogP contribution in [-0.2, 0) is 0 Å². The molecule has 0 bridgehead atoms. The van der Waals surface area contributed by atoms with Gasteiger partial charge >= 0.3 is 0 Å². The molecule has 1 unspecified atom stereocenters. The summed E-state index contributed by atoms with van der Waals surface area (Å²) in [7, 11) is 0. The Morgan fingerprint density at radius 3 is 2.08 bits per heavy atom. The van der Waals surface area contributed by atoms with Crippen LogP contribution in [-0.4, -0.2) is 35.1 Å². The highest BCUT2D eigenvalue weighted by Crippen LogP contribution is 2.26. The van der Waals surface area contributed by atoms with E-state index < -0.39 is 5.41 Å². The second-order valence-electron chi connectivity index (χ2n) is 2.85. The Kier molecular flexibility index (Phi) is 5.64. The van der Waals surface area contributed by atoms with E-state index in [1.54, 1.807) is 0 Å². The summed E-state index contributed by atoms with van der Waals surface area (Å²) in [4.78, 5) is 0. The summed E-state index contributed by atoms with van der Waals surface area (Å²) in [6.07, 6.45) is 1.17. The fourth-order valence-electron chi connectivity index (χ4n) is 1.06. The molecule has 3 N–H and O–H groups in total. The Hall–Kier alpha value is -0.630. The number of hydrogen-bond acceptors (Lipinski definition) is 4. The third-order valence-corrected chi connectivity index (χ3v) is 1.94. The lowest BCUT2D eigenvalue weighted by molar-refractivity contribution is 0.119. The van der Waals surface area contributed by atoms with E-state index in [1.165, 1.54) is 0 Å². The summed E-state index contributed by atoms with van der Waals surface area (Å²) in [5.41, 5.74) is -0.864. The highest BCUT2D eigenvalue weighted by molar-refractivity contribution is 4.98. The lowest BCUT2D eigenvalue weighted by Gasteiger charge is -2.22. The molecule has 70 valence electrons. The fourth-order valence-corrected chi connectivity index (χ4v) is 1.06. The molecule has 0 heterocycles. The SMILES string of the molecule is N#CC(CO)(CCO)CCCO. The topological polar surface area (TPSA) is 84.5 Å². The predicted octanol–water partition coefficient (Wildman–Crippen LogP) is -0.356. The molecule has 0 aromatic rings. The van der Waals surface area contributed by atoms with Crippen LogP contribution in [0.3, 0.4) is 0 Å². The maximum atomic E-state index is 8.92. The van der Waals surface area contributed by atoms with Gasteiger partial charge in [0.2, 0.25) is 0 Å². The van der Waals surface area contributed by atoms with E-state index >= 15 is 0 Å². The molecular weight excluding hydrogens is 158 g/mol. The van der Waals surface area contributed by atoms with Crippen LogP contribution in [0.2, 0.25) is 0 Å². The number of nitriles is 1.